The van der Waals surface area contributed by atoms with Crippen LogP contribution in [0.25, 0.3) is 32.7 Å². The number of methoxy groups -OCH3 is 3. The van der Waals surface area contributed by atoms with E-state index in [2.05, 4.69) is 30.9 Å². The number of hydrogen-bond donors (Lipinski definition) is 10. The van der Waals surface area contributed by atoms with Gasteiger partial charge in [-0.25, -0.2) is 4.79 Å². The molecule has 9 aromatic rings. The van der Waals surface area contributed by atoms with Gasteiger partial charge in [0.1, 0.15) is 35.4 Å². The molecule has 0 aliphatic heterocycles. The SMILES string of the molecule is COc1ccc2[nH]c(C)c(CC(=O)N(CN)[C@@H](C)C(=O)Nc3ccc(C(c4ccc(NC(=O)[C@H](C)N(CN)C(=O)Cc5c(C)[nH]c6ccc(OC)cc56)cc4)c4ccc(NC(=O)[C@H](C)N(CN)C(=O)Cc5c(C)[nH]c6ccc(OC)cc56)cc4)cc3)c2c1.O=C(O)C(F)(F)F. The molecule has 23 nitrogen and oxygen atoms in total. The zero-order chi connectivity index (χ0) is 69.2. The standard InChI is InChI=1S/C67H76N12O9.C2HF3O2/c1-37-52(55-28-49(86-7)22-25-58(55)71-37)31-61(80)77(34-68)40(4)65(83)74-46-16-10-43(11-17-46)64(44-12-18-47(19-13-44)75-66(84)41(5)78(35-69)62(81)32-53-38(2)72-59-26-23-50(87-8)29-56(53)59)45-14-20-48(21-15-45)76-67(85)42(6)79(36-70)63(82)33-54-39(3)73-60-27-24-51(88-9)30-57(54)60;3-2(4,5)1(6)7/h10-30,40-42,64,71-73H,31-36,68-70H2,1-9H3,(H,74,83)(H,75,84)(H,76,85);(H,6,7)/t40-,41-,42-;/m0./s1. The van der Waals surface area contributed by atoms with E-state index < -0.39 is 53.9 Å². The third-order valence-corrected chi connectivity index (χ3v) is 16.8. The maximum atomic E-state index is 13.9. The van der Waals surface area contributed by atoms with Gasteiger partial charge in [-0.1, -0.05) is 36.4 Å². The molecule has 0 fully saturated rings. The van der Waals surface area contributed by atoms with E-state index in [0.29, 0.717) is 34.3 Å². The highest BCUT2D eigenvalue weighted by atomic mass is 19.4. The summed E-state index contributed by atoms with van der Waals surface area (Å²) in [4.78, 5) is 106. The van der Waals surface area contributed by atoms with Gasteiger partial charge in [0.2, 0.25) is 35.4 Å². The number of carboxylic acid groups (broad SMARTS) is 1. The number of benzene rings is 6. The van der Waals surface area contributed by atoms with Crippen molar-refractivity contribution in [2.45, 2.75) is 91.0 Å². The number of carbonyl (C=O) groups is 7. The van der Waals surface area contributed by atoms with Crippen LogP contribution in [-0.4, -0.2) is 142 Å². The largest absolute Gasteiger partial charge is 0.497 e. The number of amides is 6. The molecule has 3 aromatic heterocycles. The molecule has 26 heteroatoms. The smallest absolute Gasteiger partial charge is 0.490 e. The Bertz CT molecular complexity index is 3870. The second-order valence-corrected chi connectivity index (χ2v) is 22.7. The van der Waals surface area contributed by atoms with Gasteiger partial charge >= 0.3 is 12.1 Å². The van der Waals surface area contributed by atoms with Crippen molar-refractivity contribution in [2.24, 2.45) is 17.2 Å². The number of carbonyl (C=O) groups excluding carboxylic acids is 6. The molecule has 500 valence electrons. The molecule has 0 bridgehead atoms. The Morgan fingerprint density at radius 2 is 0.695 bits per heavy atom. The number of fused-ring (bicyclic) bond motifs is 3. The average molecular weight is 1310 g/mol. The number of aryl methyl sites for hydroxylation is 3. The summed E-state index contributed by atoms with van der Waals surface area (Å²) in [5.41, 5.74) is 29.8. The van der Waals surface area contributed by atoms with Gasteiger partial charge in [0.15, 0.2) is 0 Å². The Labute approximate surface area is 545 Å². The van der Waals surface area contributed by atoms with Crippen LogP contribution in [0.1, 0.15) is 77.2 Å². The molecule has 9 rings (SSSR count). The van der Waals surface area contributed by atoms with E-state index in [0.717, 1.165) is 83.2 Å². The minimum Gasteiger partial charge on any atom is -0.497 e. The number of hydrogen-bond acceptors (Lipinski definition) is 13. The van der Waals surface area contributed by atoms with Crippen molar-refractivity contribution in [1.82, 2.24) is 29.7 Å². The molecule has 0 saturated carbocycles. The first-order valence-electron chi connectivity index (χ1n) is 30.2. The third kappa shape index (κ3) is 16.2. The lowest BCUT2D eigenvalue weighted by Gasteiger charge is -2.27. The van der Waals surface area contributed by atoms with Crippen molar-refractivity contribution >= 4 is 91.2 Å². The molecule has 6 aromatic carbocycles. The molecule has 0 radical (unpaired) electrons. The van der Waals surface area contributed by atoms with Crippen LogP contribution in [0.15, 0.2) is 127 Å². The first-order valence-corrected chi connectivity index (χ1v) is 30.2. The molecule has 0 aliphatic rings. The summed E-state index contributed by atoms with van der Waals surface area (Å²) in [6, 6.07) is 36.0. The number of aromatic amines is 3. The number of ether oxygens (including phenoxy) is 3. The second-order valence-electron chi connectivity index (χ2n) is 22.7. The number of nitrogens with two attached hydrogens (primary N) is 3. The number of carboxylic acids is 1. The van der Waals surface area contributed by atoms with Gasteiger partial charge in [-0.05, 0) is 166 Å². The zero-order valence-corrected chi connectivity index (χ0v) is 53.9. The molecule has 0 aliphatic carbocycles. The summed E-state index contributed by atoms with van der Waals surface area (Å²) in [5, 5.41) is 18.5. The summed E-state index contributed by atoms with van der Waals surface area (Å²) in [5.74, 6) is -3.50. The lowest BCUT2D eigenvalue weighted by molar-refractivity contribution is -0.192. The van der Waals surface area contributed by atoms with Gasteiger partial charge in [0.25, 0.3) is 0 Å². The first-order chi connectivity index (χ1) is 45.2. The van der Waals surface area contributed by atoms with Crippen LogP contribution in [0.2, 0.25) is 0 Å². The number of nitrogens with zero attached hydrogens (tertiary/aromatic N) is 3. The van der Waals surface area contributed by atoms with Crippen molar-refractivity contribution in [3.8, 4) is 17.2 Å². The van der Waals surface area contributed by atoms with Gasteiger partial charge in [-0.3, -0.25) is 28.8 Å². The van der Waals surface area contributed by atoms with Crippen molar-refractivity contribution in [2.75, 3.05) is 57.3 Å². The minimum atomic E-state index is -5.08. The monoisotopic (exact) mass is 1310 g/mol. The van der Waals surface area contributed by atoms with E-state index in [1.165, 1.54) is 14.7 Å². The Kier molecular flexibility index (Phi) is 22.4. The normalized spacial score (nSPS) is 12.3. The Balaban J connectivity index is 0.00000156. The third-order valence-electron chi connectivity index (χ3n) is 16.8. The van der Waals surface area contributed by atoms with Crippen LogP contribution < -0.4 is 47.4 Å². The van der Waals surface area contributed by atoms with E-state index in [4.69, 9.17) is 41.3 Å². The van der Waals surface area contributed by atoms with Crippen molar-refractivity contribution < 1.29 is 66.1 Å². The minimum absolute atomic E-state index is 0.0120. The van der Waals surface area contributed by atoms with Gasteiger partial charge in [-0.15, -0.1) is 0 Å². The predicted molar refractivity (Wildman–Crippen MR) is 356 cm³/mol. The van der Waals surface area contributed by atoms with Gasteiger partial charge < -0.3 is 82.1 Å². The number of anilines is 3. The maximum Gasteiger partial charge on any atom is 0.490 e. The number of rotatable bonds is 24. The van der Waals surface area contributed by atoms with Crippen LogP contribution in [0.3, 0.4) is 0 Å². The van der Waals surface area contributed by atoms with E-state index in [-0.39, 0.29) is 57.0 Å². The average Bonchev–Trinajstić information content (AvgIpc) is 1.81. The fourth-order valence-electron chi connectivity index (χ4n) is 11.4. The van der Waals surface area contributed by atoms with Crippen LogP contribution >= 0.6 is 0 Å². The topological polar surface area (TPSA) is 339 Å². The van der Waals surface area contributed by atoms with Crippen LogP contribution in [-0.2, 0) is 52.8 Å². The number of aliphatic carboxylic acids is 1. The highest BCUT2D eigenvalue weighted by molar-refractivity contribution is 6.01. The fourth-order valence-corrected chi connectivity index (χ4v) is 11.4. The van der Waals surface area contributed by atoms with Gasteiger partial charge in [-0.2, -0.15) is 13.2 Å². The number of aromatic nitrogens is 3. The fraction of sp³-hybridized carbons (Fsp3) is 0.290. The lowest BCUT2D eigenvalue weighted by atomic mass is 9.85. The molecule has 13 N–H and O–H groups in total. The summed E-state index contributed by atoms with van der Waals surface area (Å²) < 4.78 is 48.0. The first kappa shape index (κ1) is 70.2. The van der Waals surface area contributed by atoms with Crippen molar-refractivity contribution in [1.29, 1.82) is 0 Å². The molecule has 0 saturated heterocycles. The molecule has 6 amide bonds. The van der Waals surface area contributed by atoms with Crippen LogP contribution in [0, 0.1) is 20.8 Å². The van der Waals surface area contributed by atoms with E-state index in [1.54, 1.807) is 78.5 Å². The molecule has 0 unspecified atom stereocenters. The highest BCUT2D eigenvalue weighted by Gasteiger charge is 2.38. The summed E-state index contributed by atoms with van der Waals surface area (Å²) in [6.07, 6.45) is -5.05. The van der Waals surface area contributed by atoms with Crippen molar-refractivity contribution in [3.05, 3.63) is 178 Å². The predicted octanol–water partition coefficient (Wildman–Crippen LogP) is 8.84. The van der Waals surface area contributed by atoms with E-state index in [9.17, 15) is 41.9 Å². The van der Waals surface area contributed by atoms with Crippen LogP contribution in [0.4, 0.5) is 30.2 Å². The molecule has 3 atom stereocenters. The quantitative estimate of drug-likeness (QED) is 0.0200. The van der Waals surface area contributed by atoms with E-state index >= 15 is 0 Å². The number of H-pyrrole nitrogens is 3. The van der Waals surface area contributed by atoms with Gasteiger partial charge in [0, 0.05) is 72.8 Å². The zero-order valence-electron chi connectivity index (χ0n) is 53.9. The number of nitrogens with one attached hydrogen (secondary N) is 6. The molecule has 0 spiro atoms. The van der Waals surface area contributed by atoms with Crippen LogP contribution in [0.5, 0.6) is 17.2 Å². The molecular formula is C69H77F3N12O11. The molecular weight excluding hydrogens is 1230 g/mol. The van der Waals surface area contributed by atoms with Gasteiger partial charge in [0.05, 0.1) is 60.6 Å². The molecule has 95 heavy (non-hydrogen) atoms. The summed E-state index contributed by atoms with van der Waals surface area (Å²) in [6.45, 7) is 10.0. The Morgan fingerprint density at radius 3 is 0.905 bits per heavy atom. The molecule has 3 heterocycles. The Morgan fingerprint density at radius 1 is 0.453 bits per heavy atom. The second kappa shape index (κ2) is 30.4. The van der Waals surface area contributed by atoms with E-state index in [1.807, 2.05) is 112 Å². The summed E-state index contributed by atoms with van der Waals surface area (Å²) >= 11 is 0. The number of halogens is 3. The lowest BCUT2D eigenvalue weighted by Crippen LogP contribution is -2.48. The maximum absolute atomic E-state index is 13.9. The summed E-state index contributed by atoms with van der Waals surface area (Å²) in [7, 11) is 4.74. The highest BCUT2D eigenvalue weighted by Crippen LogP contribution is 2.36. The van der Waals surface area contributed by atoms with Crippen molar-refractivity contribution in [3.63, 3.8) is 0 Å². The Hall–Kier alpha value is -10.7. The number of alkyl halides is 3.